The molecule has 0 amide bonds. The van der Waals surface area contributed by atoms with Crippen LogP contribution in [0.25, 0.3) is 16.9 Å². The molecule has 0 bridgehead atoms. The molecule has 29 heavy (non-hydrogen) atoms. The standard InChI is InChI=1S/C19H15ClN8O/c1-11(25-19-14(8-21)18(22)27(29)10-24-19)13-7-16-23-9-15(20)28(16)26-17(13)12-5-3-2-4-6-12/h2-7,9-11H,22H2,1H3,(H,24,25)/t11-/m0/s1. The summed E-state index contributed by atoms with van der Waals surface area (Å²) in [6, 6.07) is 13.1. The average molecular weight is 407 g/mol. The Morgan fingerprint density at radius 2 is 2.07 bits per heavy atom. The van der Waals surface area contributed by atoms with Crippen molar-refractivity contribution < 1.29 is 4.73 Å². The fourth-order valence-corrected chi connectivity index (χ4v) is 3.20. The largest absolute Gasteiger partial charge is 0.740 e. The molecule has 3 N–H and O–H groups in total. The number of nitrogens with two attached hydrogens (primary N) is 1. The first kappa shape index (κ1) is 18.5. The lowest BCUT2D eigenvalue weighted by atomic mass is 10.0. The first-order valence-corrected chi connectivity index (χ1v) is 9.01. The van der Waals surface area contributed by atoms with E-state index in [9.17, 15) is 10.5 Å². The van der Waals surface area contributed by atoms with E-state index in [1.807, 2.05) is 49.4 Å². The molecule has 4 rings (SSSR count). The van der Waals surface area contributed by atoms with Gasteiger partial charge in [-0.05, 0) is 13.0 Å². The van der Waals surface area contributed by atoms with Gasteiger partial charge in [-0.1, -0.05) is 46.9 Å². The van der Waals surface area contributed by atoms with Crippen LogP contribution in [0.15, 0.2) is 48.9 Å². The second-order valence-corrected chi connectivity index (χ2v) is 6.71. The van der Waals surface area contributed by atoms with Crippen LogP contribution in [0.4, 0.5) is 11.6 Å². The average Bonchev–Trinajstić information content (AvgIpc) is 3.10. The van der Waals surface area contributed by atoms with Gasteiger partial charge in [0.15, 0.2) is 16.4 Å². The third kappa shape index (κ3) is 3.26. The van der Waals surface area contributed by atoms with E-state index in [0.717, 1.165) is 17.5 Å². The van der Waals surface area contributed by atoms with Gasteiger partial charge in [-0.3, -0.25) is 0 Å². The third-order valence-electron chi connectivity index (χ3n) is 4.48. The van der Waals surface area contributed by atoms with E-state index in [4.69, 9.17) is 17.3 Å². The highest BCUT2D eigenvalue weighted by molar-refractivity contribution is 6.29. The van der Waals surface area contributed by atoms with Crippen molar-refractivity contribution in [1.82, 2.24) is 19.6 Å². The number of hydrogen-bond acceptors (Lipinski definition) is 7. The van der Waals surface area contributed by atoms with E-state index < -0.39 is 0 Å². The minimum absolute atomic E-state index is 0.0199. The van der Waals surface area contributed by atoms with Gasteiger partial charge in [-0.15, -0.1) is 0 Å². The predicted octanol–water partition coefficient (Wildman–Crippen LogP) is 2.71. The van der Waals surface area contributed by atoms with Crippen LogP contribution in [0.3, 0.4) is 0 Å². The van der Waals surface area contributed by atoms with Gasteiger partial charge in [0.05, 0.1) is 17.9 Å². The van der Waals surface area contributed by atoms with Gasteiger partial charge < -0.3 is 16.3 Å². The summed E-state index contributed by atoms with van der Waals surface area (Å²) in [6.07, 6.45) is 2.54. The van der Waals surface area contributed by atoms with Gasteiger partial charge in [0.25, 0.3) is 0 Å². The maximum absolute atomic E-state index is 11.6. The van der Waals surface area contributed by atoms with Crippen LogP contribution in [-0.2, 0) is 0 Å². The normalized spacial score (nSPS) is 11.9. The molecule has 4 aromatic rings. The van der Waals surface area contributed by atoms with E-state index >= 15 is 0 Å². The highest BCUT2D eigenvalue weighted by atomic mass is 35.5. The van der Waals surface area contributed by atoms with E-state index in [1.165, 1.54) is 6.20 Å². The van der Waals surface area contributed by atoms with Crippen molar-refractivity contribution in [2.45, 2.75) is 13.0 Å². The highest BCUT2D eigenvalue weighted by Gasteiger charge is 2.21. The number of benzene rings is 1. The van der Waals surface area contributed by atoms with E-state index in [2.05, 4.69) is 20.4 Å². The van der Waals surface area contributed by atoms with Gasteiger partial charge in [-0.25, -0.2) is 14.2 Å². The number of halogens is 1. The summed E-state index contributed by atoms with van der Waals surface area (Å²) < 4.78 is 1.91. The van der Waals surface area contributed by atoms with Gasteiger partial charge in [-0.2, -0.15) is 10.4 Å². The Hall–Kier alpha value is -3.90. The number of nitrogens with one attached hydrogen (secondary N) is 1. The number of anilines is 2. The second-order valence-electron chi connectivity index (χ2n) is 6.32. The number of rotatable bonds is 4. The molecule has 0 spiro atoms. The summed E-state index contributed by atoms with van der Waals surface area (Å²) in [6.45, 7) is 1.89. The quantitative estimate of drug-likeness (QED) is 0.393. The number of fused-ring (bicyclic) bond motifs is 1. The Balaban J connectivity index is 1.83. The van der Waals surface area contributed by atoms with Crippen molar-refractivity contribution in [3.8, 4) is 17.3 Å². The minimum atomic E-state index is -0.334. The Kier molecular flexibility index (Phi) is 4.62. The summed E-state index contributed by atoms with van der Waals surface area (Å²) in [5, 5.41) is 29.2. The lowest BCUT2D eigenvalue weighted by molar-refractivity contribution is -0.593. The zero-order chi connectivity index (χ0) is 20.5. The first-order chi connectivity index (χ1) is 14.0. The summed E-state index contributed by atoms with van der Waals surface area (Å²) in [7, 11) is 0. The van der Waals surface area contributed by atoms with Crippen LogP contribution >= 0.6 is 11.6 Å². The molecule has 0 aliphatic rings. The molecule has 0 saturated carbocycles. The van der Waals surface area contributed by atoms with Crippen molar-refractivity contribution in [2.24, 2.45) is 0 Å². The van der Waals surface area contributed by atoms with Gasteiger partial charge in [0.2, 0.25) is 18.0 Å². The monoisotopic (exact) mass is 406 g/mol. The van der Waals surface area contributed by atoms with Gasteiger partial charge in [0.1, 0.15) is 6.07 Å². The topological polar surface area (TPSA) is 132 Å². The number of nitrogens with zero attached hydrogens (tertiary/aromatic N) is 6. The second kappa shape index (κ2) is 7.26. The molecule has 144 valence electrons. The van der Waals surface area contributed by atoms with E-state index in [-0.39, 0.29) is 23.2 Å². The van der Waals surface area contributed by atoms with Crippen molar-refractivity contribution in [1.29, 1.82) is 5.26 Å². The molecular weight excluding hydrogens is 392 g/mol. The van der Waals surface area contributed by atoms with Gasteiger partial charge >= 0.3 is 0 Å². The van der Waals surface area contributed by atoms with Gasteiger partial charge in [0, 0.05) is 11.1 Å². The molecule has 0 saturated heterocycles. The van der Waals surface area contributed by atoms with E-state index in [1.54, 1.807) is 4.52 Å². The molecule has 9 nitrogen and oxygen atoms in total. The SMILES string of the molecule is C[C@H](Nc1nc[n+]([O-])c(N)c1C#N)c1cc2ncc(Cl)n2nc1-c1ccccc1. The lowest BCUT2D eigenvalue weighted by Crippen LogP contribution is -2.32. The summed E-state index contributed by atoms with van der Waals surface area (Å²) in [5.74, 6) is -0.000965. The summed E-state index contributed by atoms with van der Waals surface area (Å²) in [4.78, 5) is 8.29. The molecule has 10 heteroatoms. The smallest absolute Gasteiger partial charge is 0.242 e. The molecule has 0 radical (unpaired) electrons. The molecule has 1 atom stereocenters. The van der Waals surface area contributed by atoms with Crippen LogP contribution in [0.1, 0.15) is 24.1 Å². The van der Waals surface area contributed by atoms with Crippen LogP contribution < -0.4 is 15.8 Å². The predicted molar refractivity (Wildman–Crippen MR) is 108 cm³/mol. The van der Waals surface area contributed by atoms with Crippen molar-refractivity contribution in [2.75, 3.05) is 11.1 Å². The Morgan fingerprint density at radius 3 is 2.79 bits per heavy atom. The molecule has 3 aromatic heterocycles. The molecule has 1 aromatic carbocycles. The Labute approximate surface area is 170 Å². The molecule has 0 unspecified atom stereocenters. The number of nitriles is 1. The third-order valence-corrected chi connectivity index (χ3v) is 4.74. The molecule has 3 heterocycles. The molecule has 0 fully saturated rings. The number of imidazole rings is 1. The minimum Gasteiger partial charge on any atom is -0.740 e. The number of hydrogen-bond donors (Lipinski definition) is 2. The number of nitrogen functional groups attached to an aromatic ring is 1. The summed E-state index contributed by atoms with van der Waals surface area (Å²) in [5.41, 5.74) is 8.67. The Bertz CT molecular complexity index is 1250. The van der Waals surface area contributed by atoms with Crippen LogP contribution in [0, 0.1) is 16.5 Å². The van der Waals surface area contributed by atoms with Crippen molar-refractivity contribution >= 4 is 28.9 Å². The van der Waals surface area contributed by atoms with Crippen molar-refractivity contribution in [3.05, 3.63) is 70.4 Å². The summed E-state index contributed by atoms with van der Waals surface area (Å²) >= 11 is 6.20. The van der Waals surface area contributed by atoms with Crippen LogP contribution in [-0.4, -0.2) is 19.6 Å². The Morgan fingerprint density at radius 1 is 1.31 bits per heavy atom. The van der Waals surface area contributed by atoms with Crippen LogP contribution in [0.2, 0.25) is 5.15 Å². The maximum atomic E-state index is 11.6. The molecule has 0 aliphatic heterocycles. The van der Waals surface area contributed by atoms with Crippen molar-refractivity contribution in [3.63, 3.8) is 0 Å². The zero-order valence-electron chi connectivity index (χ0n) is 15.2. The lowest BCUT2D eigenvalue weighted by Gasteiger charge is -2.18. The fourth-order valence-electron chi connectivity index (χ4n) is 3.02. The number of aromatic nitrogens is 5. The first-order valence-electron chi connectivity index (χ1n) is 8.63. The zero-order valence-corrected chi connectivity index (χ0v) is 16.0. The maximum Gasteiger partial charge on any atom is 0.242 e. The molecular formula is C19H15ClN8O. The molecule has 0 aliphatic carbocycles. The van der Waals surface area contributed by atoms with Crippen LogP contribution in [0.5, 0.6) is 0 Å². The highest BCUT2D eigenvalue weighted by Crippen LogP contribution is 2.30. The van der Waals surface area contributed by atoms with E-state index in [0.29, 0.717) is 21.2 Å². The fraction of sp³-hybridized carbons (Fsp3) is 0.105.